The predicted molar refractivity (Wildman–Crippen MR) is 128 cm³/mol. The highest BCUT2D eigenvalue weighted by molar-refractivity contribution is 7.17. The van der Waals surface area contributed by atoms with Gasteiger partial charge in [0.25, 0.3) is 11.8 Å². The summed E-state index contributed by atoms with van der Waals surface area (Å²) in [6.07, 6.45) is -8.61. The molecule has 2 aliphatic rings. The van der Waals surface area contributed by atoms with Crippen molar-refractivity contribution in [1.82, 2.24) is 15.2 Å². The van der Waals surface area contributed by atoms with Crippen LogP contribution < -0.4 is 5.32 Å². The van der Waals surface area contributed by atoms with Gasteiger partial charge in [0.15, 0.2) is 10.4 Å². The molecule has 4 rings (SSSR count). The molecule has 2 N–H and O–H groups in total. The van der Waals surface area contributed by atoms with E-state index in [9.17, 15) is 41.0 Å². The third-order valence-corrected chi connectivity index (χ3v) is 8.51. The van der Waals surface area contributed by atoms with Crippen molar-refractivity contribution >= 4 is 23.2 Å². The molecule has 13 heteroatoms. The van der Waals surface area contributed by atoms with Crippen LogP contribution in [0.2, 0.25) is 0 Å². The Kier molecular flexibility index (Phi) is 7.09. The number of thiazole rings is 1. The molecule has 1 saturated carbocycles. The number of nitrogens with zero attached hydrogens (tertiary/aromatic N) is 2. The number of carbonyl (C=O) groups excluding carboxylic acids is 2. The summed E-state index contributed by atoms with van der Waals surface area (Å²) in [5.41, 5.74) is -5.89. The third-order valence-electron chi connectivity index (χ3n) is 7.43. The fraction of sp³-hybridized carbons (Fsp3) is 0.560. The Hall–Kier alpha value is -2.67. The summed E-state index contributed by atoms with van der Waals surface area (Å²) in [4.78, 5) is 32.2. The molecule has 2 fully saturated rings. The van der Waals surface area contributed by atoms with E-state index in [1.54, 1.807) is 4.90 Å². The fourth-order valence-corrected chi connectivity index (χ4v) is 5.54. The second-order valence-corrected chi connectivity index (χ2v) is 11.2. The number of alkyl halides is 6. The van der Waals surface area contributed by atoms with E-state index >= 15 is 0 Å². The molecule has 0 unspecified atom stereocenters. The van der Waals surface area contributed by atoms with Crippen LogP contribution in [0, 0.1) is 6.92 Å². The normalized spacial score (nSPS) is 19.5. The SMILES string of the molecule is Cc1cc(C(C)(C(F)(F)F)C(F)(F)F)ccc1-c1sc(C(=O)NCC2(O)CC2)nc1C(=O)N1CCC[C@@H]1C. The lowest BCUT2D eigenvalue weighted by Crippen LogP contribution is -2.51. The van der Waals surface area contributed by atoms with Gasteiger partial charge in [-0.1, -0.05) is 18.2 Å². The first-order valence-corrected chi connectivity index (χ1v) is 12.9. The van der Waals surface area contributed by atoms with Crippen LogP contribution in [-0.4, -0.2) is 63.9 Å². The van der Waals surface area contributed by atoms with Crippen molar-refractivity contribution in [3.8, 4) is 10.4 Å². The Labute approximate surface area is 219 Å². The van der Waals surface area contributed by atoms with Crippen molar-refractivity contribution in [2.75, 3.05) is 13.1 Å². The van der Waals surface area contributed by atoms with E-state index in [4.69, 9.17) is 0 Å². The van der Waals surface area contributed by atoms with E-state index < -0.39 is 40.7 Å². The molecule has 6 nitrogen and oxygen atoms in total. The zero-order chi connectivity index (χ0) is 28.3. The number of amides is 2. The van der Waals surface area contributed by atoms with Gasteiger partial charge >= 0.3 is 12.4 Å². The van der Waals surface area contributed by atoms with Crippen molar-refractivity contribution in [1.29, 1.82) is 0 Å². The van der Waals surface area contributed by atoms with Crippen molar-refractivity contribution in [2.24, 2.45) is 0 Å². The van der Waals surface area contributed by atoms with Gasteiger partial charge < -0.3 is 15.3 Å². The second-order valence-electron chi connectivity index (χ2n) is 10.2. The molecule has 0 bridgehead atoms. The average Bonchev–Trinajstić information content (AvgIpc) is 3.18. The minimum atomic E-state index is -5.60. The molecule has 1 saturated heterocycles. The minimum absolute atomic E-state index is 0.00558. The topological polar surface area (TPSA) is 82.5 Å². The van der Waals surface area contributed by atoms with Gasteiger partial charge in [-0.25, -0.2) is 4.98 Å². The molecule has 2 heterocycles. The van der Waals surface area contributed by atoms with Gasteiger partial charge in [0.2, 0.25) is 0 Å². The summed E-state index contributed by atoms with van der Waals surface area (Å²) in [5.74, 6) is -1.11. The number of hydrogen-bond donors (Lipinski definition) is 2. The molecule has 1 aromatic carbocycles. The van der Waals surface area contributed by atoms with Crippen molar-refractivity contribution in [2.45, 2.75) is 75.9 Å². The molecule has 0 spiro atoms. The van der Waals surface area contributed by atoms with Gasteiger partial charge in [0.05, 0.1) is 10.5 Å². The molecule has 1 aliphatic heterocycles. The maximum absolute atomic E-state index is 13.6. The summed E-state index contributed by atoms with van der Waals surface area (Å²) in [7, 11) is 0. The Balaban J connectivity index is 1.77. The quantitative estimate of drug-likeness (QED) is 0.463. The van der Waals surface area contributed by atoms with Crippen LogP contribution in [0.3, 0.4) is 0 Å². The van der Waals surface area contributed by atoms with Crippen LogP contribution in [0.4, 0.5) is 26.3 Å². The van der Waals surface area contributed by atoms with Crippen LogP contribution in [0.5, 0.6) is 0 Å². The standard InChI is InChI=1S/C25H27F6N3O3S/c1-13-11-15(22(3,24(26,27)28)25(29,30)31)6-7-16(13)18-17(21(36)34-10-4-5-14(34)2)33-20(38-18)19(35)32-12-23(37)8-9-23/h6-7,11,14,37H,4-5,8-10,12H2,1-3H3,(H,32,35)/t14-/m0/s1. The molecule has 2 amide bonds. The van der Waals surface area contributed by atoms with Crippen molar-refractivity contribution < 1.29 is 41.0 Å². The zero-order valence-electron chi connectivity index (χ0n) is 20.9. The van der Waals surface area contributed by atoms with Gasteiger partial charge in [-0.2, -0.15) is 26.3 Å². The summed E-state index contributed by atoms with van der Waals surface area (Å²) in [6.45, 7) is 3.75. The van der Waals surface area contributed by atoms with Crippen molar-refractivity contribution in [3.63, 3.8) is 0 Å². The first kappa shape index (κ1) is 28.3. The lowest BCUT2D eigenvalue weighted by molar-refractivity contribution is -0.297. The van der Waals surface area contributed by atoms with Gasteiger partial charge in [-0.05, 0) is 63.1 Å². The van der Waals surface area contributed by atoms with Crippen LogP contribution in [0.25, 0.3) is 10.4 Å². The van der Waals surface area contributed by atoms with Gasteiger partial charge in [0.1, 0.15) is 5.69 Å². The number of hydrogen-bond acceptors (Lipinski definition) is 5. The number of benzene rings is 1. The number of nitrogens with one attached hydrogen (secondary N) is 1. The smallest absolute Gasteiger partial charge is 0.388 e. The number of aryl methyl sites for hydroxylation is 1. The average molecular weight is 564 g/mol. The van der Waals surface area contributed by atoms with E-state index in [1.807, 2.05) is 6.92 Å². The maximum Gasteiger partial charge on any atom is 0.406 e. The summed E-state index contributed by atoms with van der Waals surface area (Å²) in [6, 6.07) is 2.57. The molecular weight excluding hydrogens is 536 g/mol. The third kappa shape index (κ3) is 5.02. The van der Waals surface area contributed by atoms with E-state index in [0.717, 1.165) is 42.4 Å². The highest BCUT2D eigenvalue weighted by Crippen LogP contribution is 2.52. The molecule has 2 aromatic rings. The van der Waals surface area contributed by atoms with E-state index in [-0.39, 0.29) is 46.2 Å². The first-order valence-electron chi connectivity index (χ1n) is 12.1. The summed E-state index contributed by atoms with van der Waals surface area (Å²) >= 11 is 0.822. The number of carbonyl (C=O) groups is 2. The van der Waals surface area contributed by atoms with Gasteiger partial charge in [-0.15, -0.1) is 11.3 Å². The summed E-state index contributed by atoms with van der Waals surface area (Å²) < 4.78 is 81.8. The lowest BCUT2D eigenvalue weighted by atomic mass is 9.79. The maximum atomic E-state index is 13.6. The van der Waals surface area contributed by atoms with Crippen molar-refractivity contribution in [3.05, 3.63) is 40.0 Å². The second kappa shape index (κ2) is 9.51. The highest BCUT2D eigenvalue weighted by atomic mass is 32.1. The zero-order valence-corrected chi connectivity index (χ0v) is 21.7. The van der Waals surface area contributed by atoms with Crippen LogP contribution >= 0.6 is 11.3 Å². The largest absolute Gasteiger partial charge is 0.406 e. The first-order chi connectivity index (χ1) is 17.5. The summed E-state index contributed by atoms with van der Waals surface area (Å²) in [5, 5.41) is 12.5. The van der Waals surface area contributed by atoms with Crippen LogP contribution in [0.1, 0.15) is 70.9 Å². The Bertz CT molecular complexity index is 1240. The molecule has 38 heavy (non-hydrogen) atoms. The molecule has 1 aliphatic carbocycles. The monoisotopic (exact) mass is 563 g/mol. The molecule has 1 atom stereocenters. The Morgan fingerprint density at radius 2 is 1.82 bits per heavy atom. The van der Waals surface area contributed by atoms with E-state index in [2.05, 4.69) is 10.3 Å². The fourth-order valence-electron chi connectivity index (χ4n) is 4.47. The molecular formula is C25H27F6N3O3S. The molecule has 0 radical (unpaired) electrons. The van der Waals surface area contributed by atoms with Gasteiger partial charge in [0, 0.05) is 19.1 Å². The minimum Gasteiger partial charge on any atom is -0.388 e. The Morgan fingerprint density at radius 1 is 1.18 bits per heavy atom. The van der Waals surface area contributed by atoms with Crippen LogP contribution in [-0.2, 0) is 5.41 Å². The van der Waals surface area contributed by atoms with Gasteiger partial charge in [-0.3, -0.25) is 9.59 Å². The number of likely N-dealkylation sites (tertiary alicyclic amines) is 1. The van der Waals surface area contributed by atoms with E-state index in [0.29, 0.717) is 19.4 Å². The molecule has 1 aromatic heterocycles. The number of aromatic nitrogens is 1. The number of aliphatic hydroxyl groups is 1. The predicted octanol–water partition coefficient (Wildman–Crippen LogP) is 5.38. The highest BCUT2D eigenvalue weighted by Gasteiger charge is 2.68. The Morgan fingerprint density at radius 3 is 2.32 bits per heavy atom. The van der Waals surface area contributed by atoms with Crippen LogP contribution in [0.15, 0.2) is 18.2 Å². The number of halogens is 6. The number of rotatable bonds is 6. The van der Waals surface area contributed by atoms with E-state index in [1.165, 1.54) is 6.92 Å². The molecule has 208 valence electrons. The lowest BCUT2D eigenvalue weighted by Gasteiger charge is -2.34.